The molecule has 1 fully saturated rings. The van der Waals surface area contributed by atoms with E-state index in [2.05, 4.69) is 4.57 Å². The third-order valence-corrected chi connectivity index (χ3v) is 6.51. The smallest absolute Gasteiger partial charge is 0.270 e. The number of halogens is 2. The molecule has 8 heteroatoms. The van der Waals surface area contributed by atoms with E-state index in [4.69, 9.17) is 23.2 Å². The summed E-state index contributed by atoms with van der Waals surface area (Å²) in [6, 6.07) is 11.3. The number of hydrogen-bond donors (Lipinski definition) is 0. The van der Waals surface area contributed by atoms with Gasteiger partial charge in [0.05, 0.1) is 15.6 Å². The number of carbonyl (C=O) groups excluding carboxylic acids is 2. The first-order chi connectivity index (χ1) is 15.3. The third kappa shape index (κ3) is 4.30. The van der Waals surface area contributed by atoms with Crippen molar-refractivity contribution in [2.24, 2.45) is 7.05 Å². The average Bonchev–Trinajstić information content (AvgIpc) is 3.16. The van der Waals surface area contributed by atoms with Gasteiger partial charge in [-0.15, -0.1) is 0 Å². The fraction of sp³-hybridized carbons (Fsp3) is 0.333. The molecule has 168 valence electrons. The number of amides is 2. The summed E-state index contributed by atoms with van der Waals surface area (Å²) in [4.78, 5) is 29.9. The molecule has 1 saturated heterocycles. The molecule has 0 radical (unpaired) electrons. The van der Waals surface area contributed by atoms with Gasteiger partial charge in [0.15, 0.2) is 0 Å². The molecule has 0 atom stereocenters. The fourth-order valence-corrected chi connectivity index (χ4v) is 4.73. The zero-order valence-corrected chi connectivity index (χ0v) is 20.0. The maximum atomic E-state index is 13.4. The van der Waals surface area contributed by atoms with Crippen LogP contribution in [-0.2, 0) is 7.05 Å². The van der Waals surface area contributed by atoms with Crippen molar-refractivity contribution in [1.29, 1.82) is 0 Å². The monoisotopic (exact) mass is 472 g/mol. The lowest BCUT2D eigenvalue weighted by molar-refractivity contribution is 0.0713. The Bertz CT molecular complexity index is 1160. The van der Waals surface area contributed by atoms with Crippen LogP contribution in [0.15, 0.2) is 42.6 Å². The number of rotatable bonds is 3. The third-order valence-electron chi connectivity index (χ3n) is 5.97. The fourth-order valence-electron chi connectivity index (χ4n) is 4.28. The molecule has 6 nitrogen and oxygen atoms in total. The summed E-state index contributed by atoms with van der Waals surface area (Å²) in [7, 11) is 1.80. The van der Waals surface area contributed by atoms with Gasteiger partial charge in [-0.05, 0) is 56.7 Å². The summed E-state index contributed by atoms with van der Waals surface area (Å²) < 4.78 is 3.83. The van der Waals surface area contributed by atoms with Gasteiger partial charge in [-0.3, -0.25) is 9.59 Å². The van der Waals surface area contributed by atoms with Crippen molar-refractivity contribution in [2.75, 3.05) is 26.2 Å². The molecule has 0 saturated carbocycles. The van der Waals surface area contributed by atoms with Crippen molar-refractivity contribution >= 4 is 35.0 Å². The number of benzene rings is 1. The molecular formula is C24H26Cl2N4O2. The largest absolute Gasteiger partial charge is 0.345 e. The summed E-state index contributed by atoms with van der Waals surface area (Å²) in [6.07, 6.45) is 2.41. The first-order valence-corrected chi connectivity index (χ1v) is 11.4. The van der Waals surface area contributed by atoms with E-state index in [-0.39, 0.29) is 11.8 Å². The number of carbonyl (C=O) groups is 2. The maximum Gasteiger partial charge on any atom is 0.270 e. The first-order valence-electron chi connectivity index (χ1n) is 10.6. The summed E-state index contributed by atoms with van der Waals surface area (Å²) in [5.74, 6) is -0.192. The zero-order valence-electron chi connectivity index (χ0n) is 18.4. The van der Waals surface area contributed by atoms with Gasteiger partial charge >= 0.3 is 0 Å². The normalized spacial score (nSPS) is 14.5. The average molecular weight is 473 g/mol. The highest BCUT2D eigenvalue weighted by molar-refractivity contribution is 6.34. The lowest BCUT2D eigenvalue weighted by atomic mass is 10.1. The van der Waals surface area contributed by atoms with Crippen molar-refractivity contribution in [3.05, 3.63) is 75.3 Å². The molecule has 0 bridgehead atoms. The molecule has 0 aliphatic carbocycles. The number of hydrogen-bond acceptors (Lipinski definition) is 2. The van der Waals surface area contributed by atoms with E-state index in [0.29, 0.717) is 53.9 Å². The van der Waals surface area contributed by atoms with Crippen molar-refractivity contribution < 1.29 is 9.59 Å². The molecule has 1 aliphatic rings. The van der Waals surface area contributed by atoms with Crippen LogP contribution in [-0.4, -0.2) is 56.9 Å². The second-order valence-corrected chi connectivity index (χ2v) is 9.05. The summed E-state index contributed by atoms with van der Waals surface area (Å²) in [5.41, 5.74) is 4.11. The van der Waals surface area contributed by atoms with Gasteiger partial charge in [0.1, 0.15) is 5.69 Å². The Labute approximate surface area is 197 Å². The van der Waals surface area contributed by atoms with Crippen molar-refractivity contribution in [3.63, 3.8) is 0 Å². The predicted octanol–water partition coefficient (Wildman–Crippen LogP) is 4.73. The number of aryl methyl sites for hydroxylation is 3. The Morgan fingerprint density at radius 1 is 0.844 bits per heavy atom. The van der Waals surface area contributed by atoms with Crippen molar-refractivity contribution in [2.45, 2.75) is 20.3 Å². The van der Waals surface area contributed by atoms with E-state index >= 15 is 0 Å². The summed E-state index contributed by atoms with van der Waals surface area (Å²) in [6.45, 7) is 6.12. The van der Waals surface area contributed by atoms with Gasteiger partial charge in [-0.25, -0.2) is 0 Å². The van der Waals surface area contributed by atoms with E-state index in [1.54, 1.807) is 39.7 Å². The molecule has 4 rings (SSSR count). The lowest BCUT2D eigenvalue weighted by Gasteiger charge is -2.23. The maximum absolute atomic E-state index is 13.4. The van der Waals surface area contributed by atoms with Crippen LogP contribution >= 0.6 is 23.2 Å². The second kappa shape index (κ2) is 9.04. The minimum atomic E-state index is -0.115. The molecule has 32 heavy (non-hydrogen) atoms. The Balaban J connectivity index is 1.53. The van der Waals surface area contributed by atoms with Crippen LogP contribution < -0.4 is 0 Å². The summed E-state index contributed by atoms with van der Waals surface area (Å²) in [5, 5.41) is 0.960. The van der Waals surface area contributed by atoms with Gasteiger partial charge in [0.25, 0.3) is 11.8 Å². The molecule has 1 aliphatic heterocycles. The van der Waals surface area contributed by atoms with Gasteiger partial charge < -0.3 is 18.9 Å². The topological polar surface area (TPSA) is 50.5 Å². The molecule has 2 aromatic heterocycles. The highest BCUT2D eigenvalue weighted by atomic mass is 35.5. The molecule has 0 unspecified atom stereocenters. The van der Waals surface area contributed by atoms with Crippen LogP contribution in [0, 0.1) is 13.8 Å². The van der Waals surface area contributed by atoms with E-state index in [9.17, 15) is 9.59 Å². The van der Waals surface area contributed by atoms with Crippen LogP contribution in [0.4, 0.5) is 0 Å². The molecular weight excluding hydrogens is 447 g/mol. The number of aromatic nitrogens is 2. The Morgan fingerprint density at radius 2 is 1.47 bits per heavy atom. The Morgan fingerprint density at radius 3 is 2.06 bits per heavy atom. The predicted molar refractivity (Wildman–Crippen MR) is 127 cm³/mol. The molecule has 2 amide bonds. The minimum Gasteiger partial charge on any atom is -0.345 e. The van der Waals surface area contributed by atoms with Gasteiger partial charge in [-0.1, -0.05) is 23.2 Å². The first kappa shape index (κ1) is 22.5. The molecule has 0 spiro atoms. The second-order valence-electron chi connectivity index (χ2n) is 8.21. The molecule has 0 N–H and O–H groups in total. The highest BCUT2D eigenvalue weighted by Gasteiger charge is 2.26. The molecule has 1 aromatic carbocycles. The Kier molecular flexibility index (Phi) is 6.35. The Hall–Kier alpha value is -2.70. The number of nitrogens with zero attached hydrogens (tertiary/aromatic N) is 4. The molecule has 3 heterocycles. The van der Waals surface area contributed by atoms with Crippen LogP contribution in [0.1, 0.15) is 38.7 Å². The van der Waals surface area contributed by atoms with E-state index in [1.165, 1.54) is 0 Å². The van der Waals surface area contributed by atoms with Crippen LogP contribution in [0.25, 0.3) is 5.69 Å². The van der Waals surface area contributed by atoms with E-state index in [1.807, 2.05) is 38.1 Å². The molecule has 3 aromatic rings. The SMILES string of the molecule is Cc1ccc(C)n1-c1ccc(Cl)c(C(=O)N2CCCN(C(=O)c3cc(Cl)cn3C)CC2)c1. The van der Waals surface area contributed by atoms with Crippen LogP contribution in [0.3, 0.4) is 0 Å². The van der Waals surface area contributed by atoms with Gasteiger partial charge in [-0.2, -0.15) is 0 Å². The summed E-state index contributed by atoms with van der Waals surface area (Å²) >= 11 is 12.5. The quantitative estimate of drug-likeness (QED) is 0.553. The van der Waals surface area contributed by atoms with Gasteiger partial charge in [0, 0.05) is 56.5 Å². The van der Waals surface area contributed by atoms with Crippen LogP contribution in [0.5, 0.6) is 0 Å². The zero-order chi connectivity index (χ0) is 23.0. The lowest BCUT2D eigenvalue weighted by Crippen LogP contribution is -2.38. The highest BCUT2D eigenvalue weighted by Crippen LogP contribution is 2.25. The van der Waals surface area contributed by atoms with Crippen molar-refractivity contribution in [1.82, 2.24) is 18.9 Å². The van der Waals surface area contributed by atoms with Gasteiger partial charge in [0.2, 0.25) is 0 Å². The van der Waals surface area contributed by atoms with E-state index < -0.39 is 0 Å². The minimum absolute atomic E-state index is 0.0766. The standard InChI is InChI=1S/C24H26Cl2N4O2/c1-16-5-6-17(2)30(16)19-7-8-21(26)20(14-19)23(31)28-9-4-10-29(12-11-28)24(32)22-13-18(25)15-27(22)3/h5-8,13-15H,4,9-12H2,1-3H3. The van der Waals surface area contributed by atoms with Crippen molar-refractivity contribution in [3.8, 4) is 5.69 Å². The van der Waals surface area contributed by atoms with Crippen LogP contribution in [0.2, 0.25) is 10.0 Å². The van der Waals surface area contributed by atoms with E-state index in [0.717, 1.165) is 17.1 Å².